The number of β-lactam (4-membered cyclic amide) rings is 1. The molecule has 2 amide bonds. The highest BCUT2D eigenvalue weighted by atomic mass is 32.2. The van der Waals surface area contributed by atoms with Crippen molar-refractivity contribution in [3.8, 4) is 5.75 Å². The van der Waals surface area contributed by atoms with Crippen LogP contribution in [-0.4, -0.2) is 56.6 Å². The van der Waals surface area contributed by atoms with Gasteiger partial charge in [0.25, 0.3) is 11.8 Å². The van der Waals surface area contributed by atoms with Crippen LogP contribution in [0.3, 0.4) is 0 Å². The molecule has 0 unspecified atom stereocenters. The molecule has 0 saturated carbocycles. The van der Waals surface area contributed by atoms with Crippen LogP contribution in [0.5, 0.6) is 5.75 Å². The fourth-order valence-electron chi connectivity index (χ4n) is 9.29. The highest BCUT2D eigenvalue weighted by molar-refractivity contribution is 7.84. The Labute approximate surface area is 448 Å². The molecule has 0 spiro atoms. The van der Waals surface area contributed by atoms with Gasteiger partial charge in [0, 0.05) is 11.4 Å². The number of nitrogens with one attached hydrogen (secondary N) is 2. The molecule has 2 aromatic heterocycles. The summed E-state index contributed by atoms with van der Waals surface area (Å²) in [6.45, 7) is 0.911. The molecule has 1 fully saturated rings. The average Bonchev–Trinajstić information content (AvgIpc) is 3.98. The first-order valence-corrected chi connectivity index (χ1v) is 26.8. The number of hydrogen-bond acceptors (Lipinski definition) is 12. The Hall–Kier alpha value is -9.16. The maximum absolute atomic E-state index is 14.5. The summed E-state index contributed by atoms with van der Waals surface area (Å²) in [5.74, 6) is -2.03. The Balaban J connectivity index is 1.04. The van der Waals surface area contributed by atoms with Gasteiger partial charge < -0.3 is 25.0 Å². The molecule has 77 heavy (non-hydrogen) atoms. The molecule has 7 aromatic carbocycles. The lowest BCUT2D eigenvalue weighted by molar-refractivity contribution is -0.143. The van der Waals surface area contributed by atoms with E-state index in [1.54, 1.807) is 5.38 Å². The van der Waals surface area contributed by atoms with Gasteiger partial charge in [-0.15, -0.1) is 11.3 Å². The summed E-state index contributed by atoms with van der Waals surface area (Å²) in [7, 11) is -4.91. The van der Waals surface area contributed by atoms with Gasteiger partial charge in [-0.25, -0.2) is 9.29 Å². The quantitative estimate of drug-likeness (QED) is 0.0217. The third-order valence-corrected chi connectivity index (χ3v) is 14.8. The number of ether oxygens (including phenoxy) is 1. The summed E-state index contributed by atoms with van der Waals surface area (Å²) in [6.07, 6.45) is 0.0589. The van der Waals surface area contributed by atoms with Gasteiger partial charge in [-0.05, 0) is 45.9 Å². The number of nitrogens with zero attached hydrogens (tertiary/aromatic N) is 4. The van der Waals surface area contributed by atoms with Crippen molar-refractivity contribution in [1.29, 1.82) is 0 Å². The first-order chi connectivity index (χ1) is 37.5. The number of carbonyl (C=O) groups excluding carboxylic acids is 2. The maximum atomic E-state index is 14.5. The van der Waals surface area contributed by atoms with E-state index in [1.165, 1.54) is 35.3 Å². The zero-order valence-electron chi connectivity index (χ0n) is 41.3. The summed E-state index contributed by atoms with van der Waals surface area (Å²) in [6, 6.07) is 66.5. The Morgan fingerprint density at radius 3 is 1.57 bits per heavy atom. The second kappa shape index (κ2) is 22.8. The number of hydrogen-bond donors (Lipinski definition) is 3. The number of pyridine rings is 1. The molecular formula is C60H50N6O9S2. The van der Waals surface area contributed by atoms with Gasteiger partial charge in [0.05, 0.1) is 12.2 Å². The van der Waals surface area contributed by atoms with Crippen LogP contribution in [0.15, 0.2) is 240 Å². The lowest BCUT2D eigenvalue weighted by Crippen LogP contribution is -2.71. The van der Waals surface area contributed by atoms with Gasteiger partial charge in [-0.2, -0.15) is 13.1 Å². The Bertz CT molecular complexity index is 3500. The van der Waals surface area contributed by atoms with Crippen LogP contribution in [0, 0.1) is 0 Å². The molecule has 3 N–H and O–H groups in total. The molecule has 3 heterocycles. The van der Waals surface area contributed by atoms with E-state index in [-0.39, 0.29) is 27.2 Å². The minimum atomic E-state index is -4.91. The molecule has 1 saturated heterocycles. The number of oxime groups is 1. The van der Waals surface area contributed by atoms with Gasteiger partial charge in [-0.1, -0.05) is 217 Å². The predicted octanol–water partition coefficient (Wildman–Crippen LogP) is 9.53. The van der Waals surface area contributed by atoms with E-state index in [2.05, 4.69) is 15.8 Å². The molecule has 15 nitrogen and oxygen atoms in total. The number of rotatable bonds is 20. The number of amides is 2. The second-order valence-corrected chi connectivity index (χ2v) is 20.1. The van der Waals surface area contributed by atoms with Gasteiger partial charge >= 0.3 is 10.3 Å². The predicted molar refractivity (Wildman–Crippen MR) is 293 cm³/mol. The summed E-state index contributed by atoms with van der Waals surface area (Å²) in [5.41, 5.74) is 4.20. The minimum Gasteiger partial charge on any atom is -0.475 e. The van der Waals surface area contributed by atoms with Crippen molar-refractivity contribution < 1.29 is 37.0 Å². The zero-order valence-corrected chi connectivity index (χ0v) is 42.9. The lowest BCUT2D eigenvalue weighted by atomic mass is 9.77. The van der Waals surface area contributed by atoms with Crippen LogP contribution in [0.4, 0.5) is 5.13 Å². The smallest absolute Gasteiger partial charge is 0.362 e. The Morgan fingerprint density at radius 2 is 1.13 bits per heavy atom. The van der Waals surface area contributed by atoms with Crippen LogP contribution >= 0.6 is 11.3 Å². The van der Waals surface area contributed by atoms with Crippen molar-refractivity contribution in [1.82, 2.24) is 19.3 Å². The van der Waals surface area contributed by atoms with E-state index in [4.69, 9.17) is 19.4 Å². The monoisotopic (exact) mass is 1060 g/mol. The van der Waals surface area contributed by atoms with E-state index in [1.807, 2.05) is 212 Å². The number of anilines is 1. The fraction of sp³-hybridized carbons (Fsp3) is 0.117. The van der Waals surface area contributed by atoms with Gasteiger partial charge in [0.2, 0.25) is 5.43 Å². The van der Waals surface area contributed by atoms with E-state index < -0.39 is 64.0 Å². The summed E-state index contributed by atoms with van der Waals surface area (Å²) >= 11 is 1.18. The number of thiazole rings is 1. The first-order valence-electron chi connectivity index (χ1n) is 24.5. The summed E-state index contributed by atoms with van der Waals surface area (Å²) in [5, 5.41) is 12.6. The summed E-state index contributed by atoms with van der Waals surface area (Å²) in [4.78, 5) is 59.7. The van der Waals surface area contributed by atoms with Crippen molar-refractivity contribution in [2.45, 2.75) is 43.4 Å². The fourth-order valence-corrected chi connectivity index (χ4v) is 10.9. The van der Waals surface area contributed by atoms with Crippen LogP contribution in [0.1, 0.15) is 69.5 Å². The Morgan fingerprint density at radius 1 is 0.688 bits per heavy atom. The lowest BCUT2D eigenvalue weighted by Gasteiger charge is -2.42. The van der Waals surface area contributed by atoms with E-state index in [0.717, 1.165) is 38.9 Å². The van der Waals surface area contributed by atoms with Gasteiger partial charge in [0.15, 0.2) is 29.3 Å². The SMILES string of the molecule is C[C@H]1[C@H](NC(=O)C(=NOCc2cc(=O)c(OC(c3ccccc3)c3ccccc3)cn2OC(c2ccccc2)c2ccccc2)c2csc(NC(c3ccccc3)(c3ccccc3)c3ccccc3)n2)C(=O)N1S(=O)(=O)O. The van der Waals surface area contributed by atoms with E-state index in [0.29, 0.717) is 5.13 Å². The van der Waals surface area contributed by atoms with Crippen LogP contribution in [0.2, 0.25) is 0 Å². The highest BCUT2D eigenvalue weighted by Gasteiger charge is 2.52. The van der Waals surface area contributed by atoms with Crippen molar-refractivity contribution >= 4 is 44.3 Å². The van der Waals surface area contributed by atoms with Crippen molar-refractivity contribution in [2.75, 3.05) is 5.32 Å². The van der Waals surface area contributed by atoms with Crippen LogP contribution in [-0.2, 0) is 36.9 Å². The van der Waals surface area contributed by atoms with Crippen molar-refractivity contribution in [2.24, 2.45) is 5.16 Å². The molecule has 386 valence electrons. The molecular weight excluding hydrogens is 1010 g/mol. The third-order valence-electron chi connectivity index (χ3n) is 13.0. The summed E-state index contributed by atoms with van der Waals surface area (Å²) < 4.78 is 42.1. The van der Waals surface area contributed by atoms with Crippen LogP contribution in [0.25, 0.3) is 0 Å². The van der Waals surface area contributed by atoms with Crippen LogP contribution < -0.4 is 25.6 Å². The third kappa shape index (κ3) is 11.1. The number of aromatic nitrogens is 2. The highest BCUT2D eigenvalue weighted by Crippen LogP contribution is 2.41. The number of carbonyl (C=O) groups is 2. The average molecular weight is 1060 g/mol. The molecule has 2 atom stereocenters. The first kappa shape index (κ1) is 51.3. The van der Waals surface area contributed by atoms with Gasteiger partial charge in [-0.3, -0.25) is 18.9 Å². The van der Waals surface area contributed by atoms with E-state index in [9.17, 15) is 27.4 Å². The topological polar surface area (TPSA) is 191 Å². The Kier molecular flexibility index (Phi) is 15.2. The van der Waals surface area contributed by atoms with Gasteiger partial charge in [0.1, 0.15) is 29.1 Å². The van der Waals surface area contributed by atoms with Crippen molar-refractivity contribution in [3.63, 3.8) is 0 Å². The van der Waals surface area contributed by atoms with E-state index >= 15 is 0 Å². The molecule has 0 aliphatic carbocycles. The molecule has 10 rings (SSSR count). The number of benzene rings is 7. The molecule has 1 aliphatic rings. The molecule has 0 radical (unpaired) electrons. The normalized spacial score (nSPS) is 14.7. The second-order valence-electron chi connectivity index (χ2n) is 18.0. The largest absolute Gasteiger partial charge is 0.475 e. The molecule has 9 aromatic rings. The maximum Gasteiger partial charge on any atom is 0.362 e. The minimum absolute atomic E-state index is 0.0302. The van der Waals surface area contributed by atoms with Crippen molar-refractivity contribution in [3.05, 3.63) is 291 Å². The molecule has 1 aliphatic heterocycles. The molecule has 0 bridgehead atoms. The zero-order chi connectivity index (χ0) is 53.4. The molecule has 17 heteroatoms. The standard InChI is InChI=1S/C60H50N6O9S2/c1-41-53(58(69)66(41)77(70,71)72)62-57(68)54(50-40-76-59(61-50)63-60(46-31-17-6-18-32-46,47-33-19-7-20-34-47)48-35-21-8-22-36-48)64-73-39-49-37-51(67)52(74-55(42-23-9-2-10-24-42)43-25-11-3-12-26-43)38-65(49)75-56(44-27-13-4-14-28-44)45-29-15-5-16-30-45/h2-38,40-41,53,55-56H,39H2,1H3,(H,61,63)(H,62,68)(H,70,71,72)/t41-,53-/m0/s1.